The van der Waals surface area contributed by atoms with Crippen LogP contribution >= 0.6 is 0 Å². The highest BCUT2D eigenvalue weighted by Gasteiger charge is 2.22. The second kappa shape index (κ2) is 7.93. The molecule has 4 nitrogen and oxygen atoms in total. The van der Waals surface area contributed by atoms with Gasteiger partial charge in [0.25, 0.3) is 0 Å². The van der Waals surface area contributed by atoms with Gasteiger partial charge in [0.15, 0.2) is 0 Å². The molecular weight excluding hydrogens is 307 g/mol. The molecular formula is C19H21FN2O2. The Morgan fingerprint density at radius 2 is 1.62 bits per heavy atom. The van der Waals surface area contributed by atoms with Gasteiger partial charge >= 0.3 is 0 Å². The number of anilines is 1. The lowest BCUT2D eigenvalue weighted by atomic mass is 10.2. The average Bonchev–Trinajstić information content (AvgIpc) is 2.63. The summed E-state index contributed by atoms with van der Waals surface area (Å²) in [5.41, 5.74) is 1.65. The first-order chi connectivity index (χ1) is 11.7. The number of hydrogen-bond acceptors (Lipinski definition) is 3. The standard InChI is InChI=1S/C19H21FN2O2/c20-17-8-4-5-9-18(17)21-10-12-22(13-11-21)19(23)15-24-14-16-6-2-1-3-7-16/h1-9H,10-15H2. The minimum absolute atomic E-state index is 0.0147. The van der Waals surface area contributed by atoms with Gasteiger partial charge in [0, 0.05) is 26.2 Å². The number of carbonyl (C=O) groups is 1. The van der Waals surface area contributed by atoms with Gasteiger partial charge in [0.05, 0.1) is 12.3 Å². The van der Waals surface area contributed by atoms with E-state index < -0.39 is 0 Å². The van der Waals surface area contributed by atoms with Gasteiger partial charge in [-0.15, -0.1) is 0 Å². The molecule has 1 aliphatic rings. The molecule has 2 aromatic carbocycles. The highest BCUT2D eigenvalue weighted by molar-refractivity contribution is 5.77. The molecule has 0 bridgehead atoms. The van der Waals surface area contributed by atoms with E-state index in [4.69, 9.17) is 4.74 Å². The maximum Gasteiger partial charge on any atom is 0.248 e. The Kier molecular flexibility index (Phi) is 5.43. The van der Waals surface area contributed by atoms with Crippen LogP contribution in [0.2, 0.25) is 0 Å². The lowest BCUT2D eigenvalue weighted by molar-refractivity contribution is -0.136. The molecule has 1 fully saturated rings. The van der Waals surface area contributed by atoms with Crippen LogP contribution in [0, 0.1) is 5.82 Å². The van der Waals surface area contributed by atoms with E-state index in [2.05, 4.69) is 0 Å². The second-order valence-electron chi connectivity index (χ2n) is 5.80. The number of benzene rings is 2. The van der Waals surface area contributed by atoms with Gasteiger partial charge in [-0.05, 0) is 17.7 Å². The third kappa shape index (κ3) is 4.11. The zero-order valence-corrected chi connectivity index (χ0v) is 13.5. The van der Waals surface area contributed by atoms with E-state index in [-0.39, 0.29) is 18.3 Å². The minimum atomic E-state index is -0.219. The Morgan fingerprint density at radius 1 is 0.958 bits per heavy atom. The van der Waals surface area contributed by atoms with Gasteiger partial charge < -0.3 is 14.5 Å². The van der Waals surface area contributed by atoms with Crippen molar-refractivity contribution >= 4 is 11.6 Å². The molecule has 0 aromatic heterocycles. The van der Waals surface area contributed by atoms with Gasteiger partial charge in [-0.25, -0.2) is 4.39 Å². The van der Waals surface area contributed by atoms with Gasteiger partial charge in [-0.3, -0.25) is 4.79 Å². The highest BCUT2D eigenvalue weighted by atomic mass is 19.1. The molecule has 0 aliphatic carbocycles. The SMILES string of the molecule is O=C(COCc1ccccc1)N1CCN(c2ccccc2F)CC1. The number of halogens is 1. The zero-order valence-electron chi connectivity index (χ0n) is 13.5. The Bertz CT molecular complexity index is 670. The smallest absolute Gasteiger partial charge is 0.248 e. The van der Waals surface area contributed by atoms with Crippen LogP contribution in [0.3, 0.4) is 0 Å². The third-order valence-corrected chi connectivity index (χ3v) is 4.16. The lowest BCUT2D eigenvalue weighted by Crippen LogP contribution is -2.50. The van der Waals surface area contributed by atoms with Crippen molar-refractivity contribution in [2.75, 3.05) is 37.7 Å². The van der Waals surface area contributed by atoms with E-state index in [0.29, 0.717) is 38.5 Å². The maximum atomic E-state index is 13.8. The normalized spacial score (nSPS) is 14.7. The van der Waals surface area contributed by atoms with E-state index in [1.165, 1.54) is 6.07 Å². The van der Waals surface area contributed by atoms with Crippen molar-refractivity contribution in [3.8, 4) is 0 Å². The Morgan fingerprint density at radius 3 is 2.33 bits per heavy atom. The van der Waals surface area contributed by atoms with E-state index in [9.17, 15) is 9.18 Å². The van der Waals surface area contributed by atoms with Gasteiger partial charge in [0.1, 0.15) is 12.4 Å². The predicted molar refractivity (Wildman–Crippen MR) is 91.3 cm³/mol. The minimum Gasteiger partial charge on any atom is -0.367 e. The van der Waals surface area contributed by atoms with Gasteiger partial charge in [-0.1, -0.05) is 42.5 Å². The molecule has 3 rings (SSSR count). The van der Waals surface area contributed by atoms with Crippen LogP contribution in [-0.2, 0) is 16.1 Å². The molecule has 1 aliphatic heterocycles. The lowest BCUT2D eigenvalue weighted by Gasteiger charge is -2.36. The van der Waals surface area contributed by atoms with E-state index in [0.717, 1.165) is 5.56 Å². The monoisotopic (exact) mass is 328 g/mol. The van der Waals surface area contributed by atoms with Crippen LogP contribution in [0.5, 0.6) is 0 Å². The second-order valence-corrected chi connectivity index (χ2v) is 5.80. The fourth-order valence-electron chi connectivity index (χ4n) is 2.83. The molecule has 5 heteroatoms. The molecule has 0 atom stereocenters. The molecule has 0 radical (unpaired) electrons. The molecule has 0 spiro atoms. The van der Waals surface area contributed by atoms with Crippen LogP contribution in [0.1, 0.15) is 5.56 Å². The first-order valence-electron chi connectivity index (χ1n) is 8.13. The summed E-state index contributed by atoms with van der Waals surface area (Å²) in [5, 5.41) is 0. The summed E-state index contributed by atoms with van der Waals surface area (Å²) in [6, 6.07) is 16.5. The van der Waals surface area contributed by atoms with Crippen LogP contribution in [0.15, 0.2) is 54.6 Å². The molecule has 0 saturated carbocycles. The predicted octanol–water partition coefficient (Wildman–Crippen LogP) is 2.69. The first-order valence-corrected chi connectivity index (χ1v) is 8.13. The molecule has 0 unspecified atom stereocenters. The summed E-state index contributed by atoms with van der Waals surface area (Å²) in [4.78, 5) is 16.0. The fourth-order valence-corrected chi connectivity index (χ4v) is 2.83. The van der Waals surface area contributed by atoms with Crippen molar-refractivity contribution in [3.05, 3.63) is 66.0 Å². The number of piperazine rings is 1. The summed E-state index contributed by atoms with van der Waals surface area (Å²) in [5.74, 6) is -0.234. The number of hydrogen-bond donors (Lipinski definition) is 0. The summed E-state index contributed by atoms with van der Waals surface area (Å²) >= 11 is 0. The van der Waals surface area contributed by atoms with Crippen molar-refractivity contribution in [1.82, 2.24) is 4.90 Å². The summed E-state index contributed by atoms with van der Waals surface area (Å²) < 4.78 is 19.3. The van der Waals surface area contributed by atoms with Gasteiger partial charge in [-0.2, -0.15) is 0 Å². The van der Waals surface area contributed by atoms with Crippen LogP contribution in [0.25, 0.3) is 0 Å². The third-order valence-electron chi connectivity index (χ3n) is 4.16. The van der Waals surface area contributed by atoms with Crippen molar-refractivity contribution in [2.24, 2.45) is 0 Å². The fraction of sp³-hybridized carbons (Fsp3) is 0.316. The quantitative estimate of drug-likeness (QED) is 0.846. The number of amides is 1. The van der Waals surface area contributed by atoms with Crippen molar-refractivity contribution < 1.29 is 13.9 Å². The zero-order chi connectivity index (χ0) is 16.8. The Balaban J connectivity index is 1.44. The summed E-state index contributed by atoms with van der Waals surface area (Å²) in [6.45, 7) is 2.94. The number of para-hydroxylation sites is 1. The summed E-state index contributed by atoms with van der Waals surface area (Å²) in [7, 11) is 0. The largest absolute Gasteiger partial charge is 0.367 e. The molecule has 1 amide bonds. The van der Waals surface area contributed by atoms with Crippen molar-refractivity contribution in [2.45, 2.75) is 6.61 Å². The van der Waals surface area contributed by atoms with E-state index in [1.807, 2.05) is 41.3 Å². The molecule has 24 heavy (non-hydrogen) atoms. The Hall–Kier alpha value is -2.40. The molecule has 126 valence electrons. The van der Waals surface area contributed by atoms with Gasteiger partial charge in [0.2, 0.25) is 5.91 Å². The first kappa shape index (κ1) is 16.5. The maximum absolute atomic E-state index is 13.8. The van der Waals surface area contributed by atoms with E-state index in [1.54, 1.807) is 17.0 Å². The number of carbonyl (C=O) groups excluding carboxylic acids is 1. The Labute approximate surface area is 141 Å². The number of rotatable bonds is 5. The molecule has 1 heterocycles. The average molecular weight is 328 g/mol. The topological polar surface area (TPSA) is 32.8 Å². The number of nitrogens with zero attached hydrogens (tertiary/aromatic N) is 2. The van der Waals surface area contributed by atoms with Crippen LogP contribution < -0.4 is 4.90 Å². The molecule has 2 aromatic rings. The molecule has 0 N–H and O–H groups in total. The van der Waals surface area contributed by atoms with E-state index >= 15 is 0 Å². The number of ether oxygens (including phenoxy) is 1. The van der Waals surface area contributed by atoms with Crippen molar-refractivity contribution in [3.63, 3.8) is 0 Å². The highest BCUT2D eigenvalue weighted by Crippen LogP contribution is 2.20. The summed E-state index contributed by atoms with van der Waals surface area (Å²) in [6.07, 6.45) is 0. The van der Waals surface area contributed by atoms with Crippen molar-refractivity contribution in [1.29, 1.82) is 0 Å². The van der Waals surface area contributed by atoms with Crippen LogP contribution in [0.4, 0.5) is 10.1 Å². The molecule has 1 saturated heterocycles. The van der Waals surface area contributed by atoms with Crippen LogP contribution in [-0.4, -0.2) is 43.6 Å².